The summed E-state index contributed by atoms with van der Waals surface area (Å²) in [6.45, 7) is 5.44. The molecule has 0 aliphatic carbocycles. The number of amides is 1. The largest absolute Gasteiger partial charge is 0.378 e. The molecule has 2 fully saturated rings. The topological polar surface area (TPSA) is 65.4 Å². The van der Waals surface area contributed by atoms with Gasteiger partial charge in [-0.1, -0.05) is 6.07 Å². The minimum atomic E-state index is -0.195. The number of carbonyl (C=O) groups is 1. The van der Waals surface area contributed by atoms with Crippen molar-refractivity contribution in [3.63, 3.8) is 0 Å². The second-order valence-corrected chi connectivity index (χ2v) is 6.09. The first kappa shape index (κ1) is 14.2. The molecule has 0 aromatic heterocycles. The molecule has 0 spiro atoms. The summed E-state index contributed by atoms with van der Waals surface area (Å²) < 4.78 is 5.38. The fraction of sp³-hybridized carbons (Fsp3) is 0.333. The van der Waals surface area contributed by atoms with Crippen LogP contribution < -0.4 is 10.2 Å². The van der Waals surface area contributed by atoms with Crippen LogP contribution in [-0.4, -0.2) is 37.4 Å². The number of nitrogens with one attached hydrogen (secondary N) is 2. The van der Waals surface area contributed by atoms with E-state index in [1.54, 1.807) is 0 Å². The Morgan fingerprint density at radius 1 is 1.38 bits per heavy atom. The van der Waals surface area contributed by atoms with Crippen molar-refractivity contribution >= 4 is 34.6 Å². The predicted molar refractivity (Wildman–Crippen MR) is 85.6 cm³/mol. The monoisotopic (exact) mass is 303 g/mol. The Morgan fingerprint density at radius 2 is 2.14 bits per heavy atom. The van der Waals surface area contributed by atoms with E-state index in [1.165, 1.54) is 11.3 Å². The van der Waals surface area contributed by atoms with Crippen LogP contribution in [0.25, 0.3) is 6.08 Å². The minimum absolute atomic E-state index is 0.188. The molecule has 1 aromatic rings. The lowest BCUT2D eigenvalue weighted by Gasteiger charge is -2.30. The number of hydrogen-bond acceptors (Lipinski definition) is 5. The van der Waals surface area contributed by atoms with Crippen molar-refractivity contribution in [3.05, 3.63) is 34.2 Å². The molecule has 2 aliphatic heterocycles. The van der Waals surface area contributed by atoms with E-state index in [0.29, 0.717) is 4.91 Å². The third-order valence-electron chi connectivity index (χ3n) is 3.53. The Bertz CT molecular complexity index is 621. The SMILES string of the molecule is Cc1cc(C=C2SC(=N)NC2=O)ccc1N1CCOCC1. The molecule has 21 heavy (non-hydrogen) atoms. The second-order valence-electron chi connectivity index (χ2n) is 5.04. The molecular formula is C15H17N3O2S. The molecule has 2 heterocycles. The zero-order valence-electron chi connectivity index (χ0n) is 11.8. The lowest BCUT2D eigenvalue weighted by Crippen LogP contribution is -2.36. The summed E-state index contributed by atoms with van der Waals surface area (Å²) in [5.74, 6) is -0.195. The number of hydrogen-bond donors (Lipinski definition) is 2. The van der Waals surface area contributed by atoms with Crippen molar-refractivity contribution in [1.29, 1.82) is 5.41 Å². The summed E-state index contributed by atoms with van der Waals surface area (Å²) in [6, 6.07) is 6.18. The van der Waals surface area contributed by atoms with E-state index in [-0.39, 0.29) is 11.1 Å². The summed E-state index contributed by atoms with van der Waals surface area (Å²) >= 11 is 1.16. The van der Waals surface area contributed by atoms with E-state index < -0.39 is 0 Å². The molecule has 110 valence electrons. The maximum Gasteiger partial charge on any atom is 0.264 e. The Morgan fingerprint density at radius 3 is 2.76 bits per heavy atom. The molecule has 2 aliphatic rings. The van der Waals surface area contributed by atoms with E-state index in [9.17, 15) is 4.79 Å². The van der Waals surface area contributed by atoms with Gasteiger partial charge >= 0.3 is 0 Å². The van der Waals surface area contributed by atoms with Gasteiger partial charge in [0.25, 0.3) is 5.91 Å². The van der Waals surface area contributed by atoms with E-state index >= 15 is 0 Å². The Balaban J connectivity index is 1.82. The van der Waals surface area contributed by atoms with Gasteiger partial charge < -0.3 is 15.0 Å². The van der Waals surface area contributed by atoms with Gasteiger partial charge in [0.05, 0.1) is 18.1 Å². The van der Waals surface area contributed by atoms with Crippen LogP contribution in [0.1, 0.15) is 11.1 Å². The van der Waals surface area contributed by atoms with Crippen molar-refractivity contribution in [2.75, 3.05) is 31.2 Å². The maximum absolute atomic E-state index is 11.6. The minimum Gasteiger partial charge on any atom is -0.378 e. The Hall–Kier alpha value is -1.79. The Kier molecular flexibility index (Phi) is 3.98. The number of benzene rings is 1. The smallest absolute Gasteiger partial charge is 0.264 e. The summed E-state index contributed by atoms with van der Waals surface area (Å²) in [6.07, 6.45) is 1.83. The molecule has 1 amide bonds. The quantitative estimate of drug-likeness (QED) is 0.820. The molecule has 5 nitrogen and oxygen atoms in total. The molecule has 1 aromatic carbocycles. The summed E-state index contributed by atoms with van der Waals surface area (Å²) in [7, 11) is 0. The first-order chi connectivity index (χ1) is 10.1. The fourth-order valence-electron chi connectivity index (χ4n) is 2.52. The molecule has 6 heteroatoms. The molecular weight excluding hydrogens is 286 g/mol. The van der Waals surface area contributed by atoms with Crippen molar-refractivity contribution in [3.8, 4) is 0 Å². The van der Waals surface area contributed by atoms with Crippen LogP contribution in [0.4, 0.5) is 5.69 Å². The highest BCUT2D eigenvalue weighted by atomic mass is 32.2. The van der Waals surface area contributed by atoms with Crippen LogP contribution in [0.2, 0.25) is 0 Å². The van der Waals surface area contributed by atoms with Gasteiger partial charge in [-0.3, -0.25) is 10.2 Å². The highest BCUT2D eigenvalue weighted by Gasteiger charge is 2.22. The highest BCUT2D eigenvalue weighted by molar-refractivity contribution is 8.18. The molecule has 2 saturated heterocycles. The zero-order chi connectivity index (χ0) is 14.8. The molecule has 0 unspecified atom stereocenters. The number of amidine groups is 1. The fourth-order valence-corrected chi connectivity index (χ4v) is 3.22. The van der Waals surface area contributed by atoms with Crippen molar-refractivity contribution < 1.29 is 9.53 Å². The van der Waals surface area contributed by atoms with Gasteiger partial charge in [0.1, 0.15) is 0 Å². The third kappa shape index (κ3) is 3.11. The molecule has 0 atom stereocenters. The van der Waals surface area contributed by atoms with E-state index in [4.69, 9.17) is 10.1 Å². The third-order valence-corrected chi connectivity index (χ3v) is 4.36. The van der Waals surface area contributed by atoms with Crippen LogP contribution in [0.15, 0.2) is 23.1 Å². The van der Waals surface area contributed by atoms with Crippen molar-refractivity contribution in [1.82, 2.24) is 5.32 Å². The van der Waals surface area contributed by atoms with Gasteiger partial charge in [-0.05, 0) is 48.0 Å². The van der Waals surface area contributed by atoms with E-state index in [1.807, 2.05) is 12.1 Å². The number of carbonyl (C=O) groups excluding carboxylic acids is 1. The second kappa shape index (κ2) is 5.91. The first-order valence-corrected chi connectivity index (χ1v) is 7.68. The molecule has 0 saturated carbocycles. The summed E-state index contributed by atoms with van der Waals surface area (Å²) in [4.78, 5) is 14.5. The lowest BCUT2D eigenvalue weighted by atomic mass is 10.1. The number of thioether (sulfide) groups is 1. The summed E-state index contributed by atoms with van der Waals surface area (Å²) in [5, 5.41) is 10.1. The number of ether oxygens (including phenoxy) is 1. The van der Waals surface area contributed by atoms with Crippen LogP contribution >= 0.6 is 11.8 Å². The number of anilines is 1. The Labute approximate surface area is 127 Å². The number of aryl methyl sites for hydroxylation is 1. The van der Waals surface area contributed by atoms with Gasteiger partial charge in [-0.25, -0.2) is 0 Å². The van der Waals surface area contributed by atoms with Crippen LogP contribution in [0, 0.1) is 12.3 Å². The normalized spacial score (nSPS) is 21.0. The maximum atomic E-state index is 11.6. The zero-order valence-corrected chi connectivity index (χ0v) is 12.6. The number of rotatable bonds is 2. The van der Waals surface area contributed by atoms with Gasteiger partial charge in [0, 0.05) is 18.8 Å². The molecule has 3 rings (SSSR count). The predicted octanol–water partition coefficient (Wildman–Crippen LogP) is 1.97. The number of nitrogens with zero attached hydrogens (tertiary/aromatic N) is 1. The van der Waals surface area contributed by atoms with Gasteiger partial charge in [0.15, 0.2) is 5.17 Å². The standard InChI is InChI=1S/C15H17N3O2S/c1-10-8-11(9-13-14(19)17-15(16)21-13)2-3-12(10)18-4-6-20-7-5-18/h2-3,8-9H,4-7H2,1H3,(H2,16,17,19). The van der Waals surface area contributed by atoms with Crippen molar-refractivity contribution in [2.24, 2.45) is 0 Å². The van der Waals surface area contributed by atoms with Crippen LogP contribution in [0.5, 0.6) is 0 Å². The lowest BCUT2D eigenvalue weighted by molar-refractivity contribution is -0.115. The van der Waals surface area contributed by atoms with Gasteiger partial charge in [-0.15, -0.1) is 0 Å². The highest BCUT2D eigenvalue weighted by Crippen LogP contribution is 2.27. The first-order valence-electron chi connectivity index (χ1n) is 6.86. The molecule has 2 N–H and O–H groups in total. The van der Waals surface area contributed by atoms with E-state index in [2.05, 4.69) is 29.3 Å². The molecule has 0 bridgehead atoms. The van der Waals surface area contributed by atoms with Crippen LogP contribution in [0.3, 0.4) is 0 Å². The van der Waals surface area contributed by atoms with E-state index in [0.717, 1.165) is 43.6 Å². The average Bonchev–Trinajstić information content (AvgIpc) is 2.78. The van der Waals surface area contributed by atoms with Crippen molar-refractivity contribution in [2.45, 2.75) is 6.92 Å². The summed E-state index contributed by atoms with van der Waals surface area (Å²) in [5.41, 5.74) is 3.39. The molecule has 0 radical (unpaired) electrons. The van der Waals surface area contributed by atoms with Crippen LogP contribution in [-0.2, 0) is 9.53 Å². The average molecular weight is 303 g/mol. The van der Waals surface area contributed by atoms with Gasteiger partial charge in [0.2, 0.25) is 0 Å². The number of morpholine rings is 1. The van der Waals surface area contributed by atoms with Gasteiger partial charge in [-0.2, -0.15) is 0 Å².